The van der Waals surface area contributed by atoms with Crippen molar-refractivity contribution in [3.05, 3.63) is 126 Å². The van der Waals surface area contributed by atoms with Crippen LogP contribution >= 0.6 is 0 Å². The molecule has 0 heterocycles. The van der Waals surface area contributed by atoms with Gasteiger partial charge in [-0.25, -0.2) is 8.42 Å². The first-order chi connectivity index (χ1) is 17.4. The highest BCUT2D eigenvalue weighted by Gasteiger charge is 2.28. The smallest absolute Gasteiger partial charge is 0.264 e. The van der Waals surface area contributed by atoms with E-state index in [4.69, 9.17) is 4.74 Å². The van der Waals surface area contributed by atoms with Crippen molar-refractivity contribution in [2.45, 2.75) is 17.9 Å². The number of hydrogen-bond donors (Lipinski definition) is 1. The number of carbonyl (C=O) groups excluding carboxylic acids is 1. The Morgan fingerprint density at radius 2 is 1.36 bits per heavy atom. The average molecular weight is 501 g/mol. The molecule has 1 amide bonds. The predicted octanol–water partition coefficient (Wildman–Crippen LogP) is 5.10. The number of methoxy groups -OCH3 is 1. The molecule has 4 aromatic rings. The fourth-order valence-corrected chi connectivity index (χ4v) is 5.31. The van der Waals surface area contributed by atoms with Crippen LogP contribution < -0.4 is 14.4 Å². The van der Waals surface area contributed by atoms with Gasteiger partial charge in [0.25, 0.3) is 10.0 Å². The molecule has 36 heavy (non-hydrogen) atoms. The Kier molecular flexibility index (Phi) is 7.71. The van der Waals surface area contributed by atoms with E-state index < -0.39 is 22.0 Å². The molecular formula is C29H28N2O4S. The quantitative estimate of drug-likeness (QED) is 0.347. The number of amides is 1. The number of nitrogens with one attached hydrogen (secondary N) is 1. The molecule has 0 spiro atoms. The first-order valence-corrected chi connectivity index (χ1v) is 13.0. The normalized spacial score (nSPS) is 11.9. The van der Waals surface area contributed by atoms with Crippen molar-refractivity contribution < 1.29 is 17.9 Å². The number of para-hydroxylation sites is 1. The molecule has 0 saturated carbocycles. The van der Waals surface area contributed by atoms with Gasteiger partial charge in [-0.2, -0.15) is 0 Å². The number of aryl methyl sites for hydroxylation is 1. The third-order valence-corrected chi connectivity index (χ3v) is 7.62. The number of rotatable bonds is 9. The molecule has 0 bridgehead atoms. The van der Waals surface area contributed by atoms with E-state index in [1.54, 1.807) is 42.5 Å². The van der Waals surface area contributed by atoms with Gasteiger partial charge < -0.3 is 10.1 Å². The highest BCUT2D eigenvalue weighted by molar-refractivity contribution is 7.92. The maximum Gasteiger partial charge on any atom is 0.264 e. The number of sulfonamides is 1. The summed E-state index contributed by atoms with van der Waals surface area (Å²) in [5, 5.41) is 3.05. The van der Waals surface area contributed by atoms with Crippen LogP contribution in [-0.2, 0) is 14.8 Å². The number of anilines is 1. The van der Waals surface area contributed by atoms with E-state index in [0.717, 1.165) is 21.0 Å². The molecule has 1 atom stereocenters. The molecule has 0 aliphatic carbocycles. The lowest BCUT2D eigenvalue weighted by atomic mass is 9.98. The average Bonchev–Trinajstić information content (AvgIpc) is 2.92. The largest absolute Gasteiger partial charge is 0.497 e. The van der Waals surface area contributed by atoms with Gasteiger partial charge in [0.2, 0.25) is 5.91 Å². The minimum absolute atomic E-state index is 0.0677. The van der Waals surface area contributed by atoms with E-state index in [-0.39, 0.29) is 11.4 Å². The number of benzene rings is 4. The van der Waals surface area contributed by atoms with Gasteiger partial charge in [-0.15, -0.1) is 0 Å². The number of ether oxygens (including phenoxy) is 1. The van der Waals surface area contributed by atoms with Crippen LogP contribution in [0.5, 0.6) is 5.75 Å². The molecule has 6 nitrogen and oxygen atoms in total. The summed E-state index contributed by atoms with van der Waals surface area (Å²) in [6, 6.07) is 31.8. The Labute approximate surface area is 212 Å². The van der Waals surface area contributed by atoms with Gasteiger partial charge in [-0.05, 0) is 54.4 Å². The van der Waals surface area contributed by atoms with Crippen LogP contribution in [0, 0.1) is 6.92 Å². The van der Waals surface area contributed by atoms with Crippen LogP contribution in [0.2, 0.25) is 0 Å². The molecule has 1 N–H and O–H groups in total. The highest BCUT2D eigenvalue weighted by Crippen LogP contribution is 2.26. The van der Waals surface area contributed by atoms with Crippen LogP contribution in [0.15, 0.2) is 114 Å². The minimum Gasteiger partial charge on any atom is -0.497 e. The maximum atomic E-state index is 13.6. The fraction of sp³-hybridized carbons (Fsp3) is 0.138. The zero-order valence-corrected chi connectivity index (χ0v) is 21.0. The van der Waals surface area contributed by atoms with Crippen molar-refractivity contribution in [2.75, 3.05) is 18.0 Å². The highest BCUT2D eigenvalue weighted by atomic mass is 32.2. The fourth-order valence-electron chi connectivity index (χ4n) is 3.88. The Morgan fingerprint density at radius 3 is 1.94 bits per heavy atom. The summed E-state index contributed by atoms with van der Waals surface area (Å²) >= 11 is 0. The second-order valence-corrected chi connectivity index (χ2v) is 10.2. The van der Waals surface area contributed by atoms with Gasteiger partial charge >= 0.3 is 0 Å². The Morgan fingerprint density at radius 1 is 0.806 bits per heavy atom. The molecule has 0 aliphatic rings. The lowest BCUT2D eigenvalue weighted by Crippen LogP contribution is -2.42. The van der Waals surface area contributed by atoms with E-state index in [0.29, 0.717) is 11.4 Å². The lowest BCUT2D eigenvalue weighted by molar-refractivity contribution is -0.120. The third kappa shape index (κ3) is 5.75. The molecule has 0 radical (unpaired) electrons. The molecule has 0 saturated heterocycles. The van der Waals surface area contributed by atoms with Crippen LogP contribution in [-0.4, -0.2) is 28.0 Å². The number of carbonyl (C=O) groups is 1. The molecule has 4 rings (SSSR count). The van der Waals surface area contributed by atoms with Gasteiger partial charge in [-0.3, -0.25) is 9.10 Å². The third-order valence-electron chi connectivity index (χ3n) is 5.83. The summed E-state index contributed by atoms with van der Waals surface area (Å²) < 4.78 is 33.6. The first-order valence-electron chi connectivity index (χ1n) is 11.5. The molecule has 0 unspecified atom stereocenters. The van der Waals surface area contributed by atoms with Crippen LogP contribution in [0.4, 0.5) is 5.69 Å². The summed E-state index contributed by atoms with van der Waals surface area (Å²) in [5.41, 5.74) is 3.32. The molecule has 0 aliphatic heterocycles. The van der Waals surface area contributed by atoms with E-state index in [2.05, 4.69) is 5.32 Å². The number of hydrogen-bond acceptors (Lipinski definition) is 4. The van der Waals surface area contributed by atoms with E-state index >= 15 is 0 Å². The predicted molar refractivity (Wildman–Crippen MR) is 142 cm³/mol. The molecule has 0 aromatic heterocycles. The zero-order valence-electron chi connectivity index (χ0n) is 20.2. The van der Waals surface area contributed by atoms with E-state index in [1.807, 2.05) is 61.5 Å². The zero-order chi connectivity index (χ0) is 25.5. The lowest BCUT2D eigenvalue weighted by Gasteiger charge is -2.26. The SMILES string of the molecule is COc1ccc(S(=O)(=O)N(CC(=O)N[C@H](c2ccccc2)c2ccc(C)cc2)c2ccccc2)cc1. The molecule has 184 valence electrons. The first kappa shape index (κ1) is 25.0. The maximum absolute atomic E-state index is 13.6. The Hall–Kier alpha value is -4.10. The van der Waals surface area contributed by atoms with Crippen molar-refractivity contribution in [1.82, 2.24) is 5.32 Å². The van der Waals surface area contributed by atoms with Crippen molar-refractivity contribution in [1.29, 1.82) is 0 Å². The van der Waals surface area contributed by atoms with Crippen LogP contribution in [0.3, 0.4) is 0 Å². The van der Waals surface area contributed by atoms with Gasteiger partial charge in [0.15, 0.2) is 0 Å². The second kappa shape index (κ2) is 11.1. The summed E-state index contributed by atoms with van der Waals surface area (Å²) in [6.07, 6.45) is 0. The van der Waals surface area contributed by atoms with Crippen LogP contribution in [0.1, 0.15) is 22.7 Å². The standard InChI is InChI=1S/C29H28N2O4S/c1-22-13-15-24(16-14-22)29(23-9-5-3-6-10-23)30-28(32)21-31(25-11-7-4-8-12-25)36(33,34)27-19-17-26(35-2)18-20-27/h3-20,29H,21H2,1-2H3,(H,30,32)/t29-/m1/s1. The Balaban J connectivity index is 1.66. The van der Waals surface area contributed by atoms with E-state index in [1.165, 1.54) is 19.2 Å². The number of nitrogens with zero attached hydrogens (tertiary/aromatic N) is 1. The Bertz CT molecular complexity index is 1390. The summed E-state index contributed by atoms with van der Waals surface area (Å²) in [4.78, 5) is 13.5. The van der Waals surface area contributed by atoms with Gasteiger partial charge in [0, 0.05) is 0 Å². The molecule has 4 aromatic carbocycles. The topological polar surface area (TPSA) is 75.7 Å². The minimum atomic E-state index is -4.03. The summed E-state index contributed by atoms with van der Waals surface area (Å²) in [5.74, 6) is 0.118. The van der Waals surface area contributed by atoms with Crippen molar-refractivity contribution in [3.63, 3.8) is 0 Å². The van der Waals surface area contributed by atoms with Crippen molar-refractivity contribution >= 4 is 21.6 Å². The molecule has 7 heteroatoms. The van der Waals surface area contributed by atoms with Crippen molar-refractivity contribution in [3.8, 4) is 5.75 Å². The molecular weight excluding hydrogens is 472 g/mol. The van der Waals surface area contributed by atoms with Crippen molar-refractivity contribution in [2.24, 2.45) is 0 Å². The van der Waals surface area contributed by atoms with Gasteiger partial charge in [0.05, 0.1) is 23.7 Å². The van der Waals surface area contributed by atoms with Gasteiger partial charge in [0.1, 0.15) is 12.3 Å². The van der Waals surface area contributed by atoms with Gasteiger partial charge in [-0.1, -0.05) is 78.4 Å². The molecule has 0 fully saturated rings. The summed E-state index contributed by atoms with van der Waals surface area (Å²) in [6.45, 7) is 1.62. The summed E-state index contributed by atoms with van der Waals surface area (Å²) in [7, 11) is -2.51. The van der Waals surface area contributed by atoms with E-state index in [9.17, 15) is 13.2 Å². The monoisotopic (exact) mass is 500 g/mol. The van der Waals surface area contributed by atoms with Crippen LogP contribution in [0.25, 0.3) is 0 Å². The second-order valence-electron chi connectivity index (χ2n) is 8.34.